The smallest absolute Gasteiger partial charge is 0.331 e. The average Bonchev–Trinajstić information content (AvgIpc) is 3.40. The van der Waals surface area contributed by atoms with Gasteiger partial charge in [0, 0.05) is 13.2 Å². The summed E-state index contributed by atoms with van der Waals surface area (Å²) < 4.78 is 22.6. The van der Waals surface area contributed by atoms with Gasteiger partial charge in [-0.15, -0.1) is 0 Å². The van der Waals surface area contributed by atoms with Gasteiger partial charge in [-0.25, -0.2) is 4.79 Å². The zero-order valence-corrected chi connectivity index (χ0v) is 19.3. The van der Waals surface area contributed by atoms with E-state index in [4.69, 9.17) is 18.9 Å². The lowest BCUT2D eigenvalue weighted by Crippen LogP contribution is -2.33. The Morgan fingerprint density at radius 3 is 2.17 bits per heavy atom. The Kier molecular flexibility index (Phi) is 13.4. The predicted octanol–water partition coefficient (Wildman–Crippen LogP) is 6.10. The summed E-state index contributed by atoms with van der Waals surface area (Å²) in [4.78, 5) is 11.3. The molecule has 5 nitrogen and oxygen atoms in total. The summed E-state index contributed by atoms with van der Waals surface area (Å²) in [6.45, 7) is 2.57. The first-order valence-corrected chi connectivity index (χ1v) is 12.4. The number of carbonyl (C=O) groups excluding carboxylic acids is 1. The van der Waals surface area contributed by atoms with Crippen molar-refractivity contribution in [2.24, 2.45) is 0 Å². The molecule has 4 atom stereocenters. The third kappa shape index (κ3) is 9.93. The second-order valence-corrected chi connectivity index (χ2v) is 8.84. The minimum atomic E-state index is -0.268. The molecule has 0 aromatic rings. The highest BCUT2D eigenvalue weighted by molar-refractivity contribution is 5.84. The average molecular weight is 425 g/mol. The highest BCUT2D eigenvalue weighted by Crippen LogP contribution is 2.30. The Hall–Kier alpha value is -0.910. The van der Waals surface area contributed by atoms with Crippen molar-refractivity contribution in [3.8, 4) is 0 Å². The van der Waals surface area contributed by atoms with Gasteiger partial charge in [-0.2, -0.15) is 0 Å². The van der Waals surface area contributed by atoms with Crippen LogP contribution in [0.15, 0.2) is 12.2 Å². The van der Waals surface area contributed by atoms with Crippen LogP contribution in [0.3, 0.4) is 0 Å². The van der Waals surface area contributed by atoms with Gasteiger partial charge in [0.1, 0.15) is 12.9 Å². The third-order valence-electron chi connectivity index (χ3n) is 6.28. The number of hydrogen-bond acceptors (Lipinski definition) is 5. The van der Waals surface area contributed by atoms with Crippen LogP contribution in [0.4, 0.5) is 0 Å². The van der Waals surface area contributed by atoms with Crippen molar-refractivity contribution < 1.29 is 23.7 Å². The van der Waals surface area contributed by atoms with E-state index in [1.54, 1.807) is 7.11 Å². The maximum absolute atomic E-state index is 11.3. The molecule has 0 amide bonds. The number of rotatable bonds is 18. The highest BCUT2D eigenvalue weighted by Gasteiger charge is 2.38. The zero-order chi connectivity index (χ0) is 21.4. The van der Waals surface area contributed by atoms with E-state index in [9.17, 15) is 4.79 Å². The van der Waals surface area contributed by atoms with Crippen molar-refractivity contribution in [2.75, 3.05) is 13.9 Å². The van der Waals surface area contributed by atoms with Gasteiger partial charge in [-0.1, -0.05) is 84.0 Å². The zero-order valence-electron chi connectivity index (χ0n) is 19.3. The molecule has 2 aliphatic rings. The molecule has 174 valence electrons. The first-order valence-electron chi connectivity index (χ1n) is 12.4. The van der Waals surface area contributed by atoms with Crippen molar-refractivity contribution in [3.05, 3.63) is 12.2 Å². The van der Waals surface area contributed by atoms with Gasteiger partial charge in [0.25, 0.3) is 0 Å². The summed E-state index contributed by atoms with van der Waals surface area (Å²) in [5, 5.41) is 0. The molecule has 0 bridgehead atoms. The van der Waals surface area contributed by atoms with E-state index >= 15 is 0 Å². The summed E-state index contributed by atoms with van der Waals surface area (Å²) in [7, 11) is 1.65. The van der Waals surface area contributed by atoms with Crippen LogP contribution >= 0.6 is 0 Å². The van der Waals surface area contributed by atoms with Crippen molar-refractivity contribution in [3.63, 3.8) is 0 Å². The molecule has 0 aromatic heterocycles. The quantitative estimate of drug-likeness (QED) is 0.151. The van der Waals surface area contributed by atoms with Crippen molar-refractivity contribution in [1.82, 2.24) is 0 Å². The van der Waals surface area contributed by atoms with Crippen LogP contribution in [0.25, 0.3) is 0 Å². The van der Waals surface area contributed by atoms with Crippen molar-refractivity contribution >= 4 is 5.97 Å². The maximum atomic E-state index is 11.3. The second kappa shape index (κ2) is 15.8. The van der Waals surface area contributed by atoms with Gasteiger partial charge in [0.05, 0.1) is 18.3 Å². The lowest BCUT2D eigenvalue weighted by atomic mass is 10.0. The Morgan fingerprint density at radius 2 is 1.60 bits per heavy atom. The fourth-order valence-corrected chi connectivity index (χ4v) is 4.51. The van der Waals surface area contributed by atoms with Crippen LogP contribution in [0.2, 0.25) is 0 Å². The molecule has 2 rings (SSSR count). The molecule has 30 heavy (non-hydrogen) atoms. The van der Waals surface area contributed by atoms with Crippen LogP contribution in [0, 0.1) is 0 Å². The number of unbranched alkanes of at least 4 members (excludes halogenated alkanes) is 11. The number of esters is 1. The van der Waals surface area contributed by atoms with E-state index in [1.807, 2.05) is 6.08 Å². The fraction of sp³-hybridized carbons (Fsp3) is 0.880. The molecule has 2 heterocycles. The Balaban J connectivity index is 1.53. The highest BCUT2D eigenvalue weighted by atomic mass is 16.7. The van der Waals surface area contributed by atoms with Gasteiger partial charge in [-0.05, 0) is 25.3 Å². The monoisotopic (exact) mass is 424 g/mol. The maximum Gasteiger partial charge on any atom is 0.331 e. The Bertz CT molecular complexity index is 478. The molecular formula is C25H44O5. The van der Waals surface area contributed by atoms with E-state index in [0.717, 1.165) is 25.7 Å². The van der Waals surface area contributed by atoms with E-state index < -0.39 is 0 Å². The standard InChI is InChI=1S/C25H44O5/c1-3-4-5-6-7-8-9-10-11-12-13-14-15-21(28-20-27-2)22-16-17-23(29-22)24-18-19-25(26)30-24/h18-19,21-24H,3-17,20H2,1-2H3/t21-,22+,23+,24-/m0/s1. The molecule has 5 heteroatoms. The molecule has 0 N–H and O–H groups in total. The van der Waals surface area contributed by atoms with E-state index in [-0.39, 0.29) is 30.4 Å². The lowest BCUT2D eigenvalue weighted by Gasteiger charge is -2.25. The van der Waals surface area contributed by atoms with Gasteiger partial charge in [0.2, 0.25) is 0 Å². The normalized spacial score (nSPS) is 24.5. The molecule has 0 radical (unpaired) electrons. The Labute approximate surface area is 183 Å². The minimum Gasteiger partial charge on any atom is -0.452 e. The van der Waals surface area contributed by atoms with Gasteiger partial charge in [0.15, 0.2) is 0 Å². The topological polar surface area (TPSA) is 54.0 Å². The molecule has 0 aliphatic carbocycles. The van der Waals surface area contributed by atoms with E-state index in [0.29, 0.717) is 6.79 Å². The van der Waals surface area contributed by atoms with E-state index in [2.05, 4.69) is 6.92 Å². The third-order valence-corrected chi connectivity index (χ3v) is 6.28. The summed E-state index contributed by atoms with van der Waals surface area (Å²) in [5.41, 5.74) is 0. The SMILES string of the molecule is CCCCCCCCCCCCCC[C@H](OCOC)[C@H]1CC[C@H]([C@@H]2C=CC(=O)O2)O1. The second-order valence-electron chi connectivity index (χ2n) is 8.84. The molecular weight excluding hydrogens is 380 g/mol. The molecule has 0 spiro atoms. The molecule has 0 saturated carbocycles. The molecule has 2 aliphatic heterocycles. The number of ether oxygens (including phenoxy) is 4. The van der Waals surface area contributed by atoms with Crippen LogP contribution in [-0.4, -0.2) is 44.3 Å². The largest absolute Gasteiger partial charge is 0.452 e. The van der Waals surface area contributed by atoms with Gasteiger partial charge >= 0.3 is 5.97 Å². The van der Waals surface area contributed by atoms with Crippen LogP contribution in [0.5, 0.6) is 0 Å². The molecule has 0 unspecified atom stereocenters. The van der Waals surface area contributed by atoms with Crippen molar-refractivity contribution in [2.45, 2.75) is 128 Å². The summed E-state index contributed by atoms with van der Waals surface area (Å²) in [6, 6.07) is 0. The molecule has 0 aromatic carbocycles. The minimum absolute atomic E-state index is 0.0479. The first kappa shape index (κ1) is 25.4. The van der Waals surface area contributed by atoms with Crippen LogP contribution < -0.4 is 0 Å². The lowest BCUT2D eigenvalue weighted by molar-refractivity contribution is -0.152. The fourth-order valence-electron chi connectivity index (χ4n) is 4.51. The summed E-state index contributed by atoms with van der Waals surface area (Å²) in [6.07, 6.45) is 22.2. The summed E-state index contributed by atoms with van der Waals surface area (Å²) in [5.74, 6) is -0.268. The number of hydrogen-bond donors (Lipinski definition) is 0. The van der Waals surface area contributed by atoms with Crippen molar-refractivity contribution in [1.29, 1.82) is 0 Å². The van der Waals surface area contributed by atoms with Crippen LogP contribution in [-0.2, 0) is 23.7 Å². The first-order chi connectivity index (χ1) is 14.7. The summed E-state index contributed by atoms with van der Waals surface area (Å²) >= 11 is 0. The van der Waals surface area contributed by atoms with Gasteiger partial charge < -0.3 is 18.9 Å². The number of methoxy groups -OCH3 is 1. The van der Waals surface area contributed by atoms with Crippen LogP contribution in [0.1, 0.15) is 103 Å². The number of cyclic esters (lactones) is 1. The van der Waals surface area contributed by atoms with E-state index in [1.165, 1.54) is 76.7 Å². The number of carbonyl (C=O) groups is 1. The molecule has 1 saturated heterocycles. The predicted molar refractivity (Wildman–Crippen MR) is 119 cm³/mol. The Morgan fingerprint density at radius 1 is 0.967 bits per heavy atom. The molecule has 1 fully saturated rings. The van der Waals surface area contributed by atoms with Gasteiger partial charge in [-0.3, -0.25) is 0 Å².